The summed E-state index contributed by atoms with van der Waals surface area (Å²) in [7, 11) is 0. The monoisotopic (exact) mass is 239 g/mol. The van der Waals surface area contributed by atoms with Crippen LogP contribution in [-0.4, -0.2) is 22.1 Å². The molecule has 3 nitrogen and oxygen atoms in total. The normalized spacial score (nSPS) is 29.2. The largest absolute Gasteiger partial charge is 0.248 e. The van der Waals surface area contributed by atoms with E-state index in [-0.39, 0.29) is 0 Å². The van der Waals surface area contributed by atoms with Gasteiger partial charge in [0.25, 0.3) is 0 Å². The SMILES string of the molecule is CC(NN1C(C)CCCC1C)c1nccs1. The second-order valence-electron chi connectivity index (χ2n) is 4.76. The molecule has 0 spiro atoms. The number of hydrogen-bond acceptors (Lipinski definition) is 4. The molecule has 1 aliphatic rings. The summed E-state index contributed by atoms with van der Waals surface area (Å²) in [5, 5.41) is 5.62. The van der Waals surface area contributed by atoms with Crippen LogP contribution >= 0.6 is 11.3 Å². The van der Waals surface area contributed by atoms with Gasteiger partial charge in [-0.25, -0.2) is 15.4 Å². The second kappa shape index (κ2) is 5.25. The van der Waals surface area contributed by atoms with Crippen LogP contribution < -0.4 is 5.43 Å². The van der Waals surface area contributed by atoms with Crippen molar-refractivity contribution < 1.29 is 0 Å². The average Bonchev–Trinajstić information content (AvgIpc) is 2.76. The molecular weight excluding hydrogens is 218 g/mol. The first-order valence-corrected chi connectivity index (χ1v) is 7.00. The molecule has 1 fully saturated rings. The van der Waals surface area contributed by atoms with E-state index in [0.29, 0.717) is 18.1 Å². The molecular formula is C12H21N3S. The number of nitrogens with zero attached hydrogens (tertiary/aromatic N) is 2. The van der Waals surface area contributed by atoms with Crippen molar-refractivity contribution in [3.8, 4) is 0 Å². The molecule has 0 amide bonds. The van der Waals surface area contributed by atoms with Gasteiger partial charge in [-0.1, -0.05) is 6.42 Å². The maximum Gasteiger partial charge on any atom is 0.111 e. The lowest BCUT2D eigenvalue weighted by Gasteiger charge is -2.40. The van der Waals surface area contributed by atoms with Crippen molar-refractivity contribution in [1.82, 2.24) is 15.4 Å². The van der Waals surface area contributed by atoms with Gasteiger partial charge in [-0.2, -0.15) is 0 Å². The van der Waals surface area contributed by atoms with E-state index in [1.165, 1.54) is 24.3 Å². The van der Waals surface area contributed by atoms with Crippen molar-refractivity contribution in [1.29, 1.82) is 0 Å². The molecule has 3 unspecified atom stereocenters. The lowest BCUT2D eigenvalue weighted by molar-refractivity contribution is 0.0320. The van der Waals surface area contributed by atoms with Gasteiger partial charge in [0.15, 0.2) is 0 Å². The topological polar surface area (TPSA) is 28.2 Å². The van der Waals surface area contributed by atoms with Gasteiger partial charge in [-0.05, 0) is 33.6 Å². The first kappa shape index (κ1) is 12.0. The minimum Gasteiger partial charge on any atom is -0.248 e. The maximum absolute atomic E-state index is 4.36. The van der Waals surface area contributed by atoms with Gasteiger partial charge < -0.3 is 0 Å². The summed E-state index contributed by atoms with van der Waals surface area (Å²) in [5.74, 6) is 0. The van der Waals surface area contributed by atoms with Crippen LogP contribution in [0.25, 0.3) is 0 Å². The molecule has 16 heavy (non-hydrogen) atoms. The third kappa shape index (κ3) is 2.62. The average molecular weight is 239 g/mol. The number of aromatic nitrogens is 1. The summed E-state index contributed by atoms with van der Waals surface area (Å²) >= 11 is 1.72. The third-order valence-corrected chi connectivity index (χ3v) is 4.32. The Morgan fingerprint density at radius 3 is 2.69 bits per heavy atom. The molecule has 2 rings (SSSR count). The van der Waals surface area contributed by atoms with Gasteiger partial charge in [0, 0.05) is 23.7 Å². The van der Waals surface area contributed by atoms with E-state index in [0.717, 1.165) is 0 Å². The summed E-state index contributed by atoms with van der Waals surface area (Å²) in [6.45, 7) is 6.79. The van der Waals surface area contributed by atoms with Gasteiger partial charge in [-0.15, -0.1) is 11.3 Å². The van der Waals surface area contributed by atoms with E-state index >= 15 is 0 Å². The number of thiazole rings is 1. The molecule has 1 aromatic heterocycles. The Hall–Kier alpha value is -0.450. The van der Waals surface area contributed by atoms with Crippen molar-refractivity contribution in [3.63, 3.8) is 0 Å². The van der Waals surface area contributed by atoms with Crippen LogP contribution in [0, 0.1) is 0 Å². The molecule has 1 aliphatic heterocycles. The number of rotatable bonds is 3. The molecule has 0 radical (unpaired) electrons. The van der Waals surface area contributed by atoms with E-state index in [2.05, 4.69) is 36.2 Å². The van der Waals surface area contributed by atoms with E-state index in [1.807, 2.05) is 11.6 Å². The summed E-state index contributed by atoms with van der Waals surface area (Å²) in [6, 6.07) is 1.58. The van der Waals surface area contributed by atoms with Gasteiger partial charge in [0.2, 0.25) is 0 Å². The Labute approximate surface area is 102 Å². The lowest BCUT2D eigenvalue weighted by atomic mass is 10.00. The lowest BCUT2D eigenvalue weighted by Crippen LogP contribution is -2.52. The van der Waals surface area contributed by atoms with Gasteiger partial charge in [0.05, 0.1) is 6.04 Å². The van der Waals surface area contributed by atoms with Gasteiger partial charge >= 0.3 is 0 Å². The van der Waals surface area contributed by atoms with Crippen LogP contribution in [0.5, 0.6) is 0 Å². The molecule has 0 aromatic carbocycles. The van der Waals surface area contributed by atoms with Crippen LogP contribution in [-0.2, 0) is 0 Å². The highest BCUT2D eigenvalue weighted by molar-refractivity contribution is 7.09. The quantitative estimate of drug-likeness (QED) is 0.879. The molecule has 0 bridgehead atoms. The predicted molar refractivity (Wildman–Crippen MR) is 68.3 cm³/mol. The summed E-state index contributed by atoms with van der Waals surface area (Å²) in [4.78, 5) is 4.36. The zero-order valence-corrected chi connectivity index (χ0v) is 11.1. The Morgan fingerprint density at radius 2 is 2.12 bits per heavy atom. The Balaban J connectivity index is 1.97. The van der Waals surface area contributed by atoms with Crippen LogP contribution in [0.2, 0.25) is 0 Å². The van der Waals surface area contributed by atoms with E-state index in [9.17, 15) is 0 Å². The standard InChI is InChI=1S/C12H21N3S/c1-9-5-4-6-10(2)15(9)14-11(3)12-13-7-8-16-12/h7-11,14H,4-6H2,1-3H3. The molecule has 90 valence electrons. The van der Waals surface area contributed by atoms with E-state index in [4.69, 9.17) is 0 Å². The molecule has 1 N–H and O–H groups in total. The maximum atomic E-state index is 4.36. The highest BCUT2D eigenvalue weighted by Gasteiger charge is 2.26. The fourth-order valence-corrected chi connectivity index (χ4v) is 3.04. The molecule has 1 saturated heterocycles. The van der Waals surface area contributed by atoms with E-state index < -0.39 is 0 Å². The Bertz CT molecular complexity index is 302. The fourth-order valence-electron chi connectivity index (χ4n) is 2.40. The summed E-state index contributed by atoms with van der Waals surface area (Å²) in [5.41, 5.74) is 3.60. The van der Waals surface area contributed by atoms with Gasteiger partial charge in [0.1, 0.15) is 5.01 Å². The van der Waals surface area contributed by atoms with Crippen LogP contribution in [0.3, 0.4) is 0 Å². The van der Waals surface area contributed by atoms with Crippen molar-refractivity contribution >= 4 is 11.3 Å². The molecule has 1 aromatic rings. The zero-order chi connectivity index (χ0) is 11.5. The molecule has 3 atom stereocenters. The van der Waals surface area contributed by atoms with Crippen LogP contribution in [0.1, 0.15) is 51.1 Å². The molecule has 4 heteroatoms. The Kier molecular flexibility index (Phi) is 3.95. The van der Waals surface area contributed by atoms with Crippen molar-refractivity contribution in [3.05, 3.63) is 16.6 Å². The predicted octanol–water partition coefficient (Wildman–Crippen LogP) is 2.97. The molecule has 0 saturated carbocycles. The van der Waals surface area contributed by atoms with Crippen molar-refractivity contribution in [2.24, 2.45) is 0 Å². The highest BCUT2D eigenvalue weighted by Crippen LogP contribution is 2.23. The first-order valence-electron chi connectivity index (χ1n) is 6.12. The Morgan fingerprint density at radius 1 is 1.44 bits per heavy atom. The van der Waals surface area contributed by atoms with E-state index in [1.54, 1.807) is 11.3 Å². The third-order valence-electron chi connectivity index (χ3n) is 3.36. The van der Waals surface area contributed by atoms with Crippen molar-refractivity contribution in [2.45, 2.75) is 58.2 Å². The molecule has 0 aliphatic carbocycles. The van der Waals surface area contributed by atoms with Crippen LogP contribution in [0.4, 0.5) is 0 Å². The summed E-state index contributed by atoms with van der Waals surface area (Å²) < 4.78 is 0. The minimum absolute atomic E-state index is 0.322. The number of nitrogens with one attached hydrogen (secondary N) is 1. The minimum atomic E-state index is 0.322. The second-order valence-corrected chi connectivity index (χ2v) is 5.68. The number of hydrogen-bond donors (Lipinski definition) is 1. The highest BCUT2D eigenvalue weighted by atomic mass is 32.1. The summed E-state index contributed by atoms with van der Waals surface area (Å²) in [6.07, 6.45) is 5.82. The fraction of sp³-hybridized carbons (Fsp3) is 0.750. The smallest absolute Gasteiger partial charge is 0.111 e. The molecule has 2 heterocycles. The first-order chi connectivity index (χ1) is 7.68. The number of hydrazine groups is 1. The van der Waals surface area contributed by atoms with Gasteiger partial charge in [-0.3, -0.25) is 0 Å². The number of piperidine rings is 1. The van der Waals surface area contributed by atoms with Crippen molar-refractivity contribution in [2.75, 3.05) is 0 Å². The zero-order valence-electron chi connectivity index (χ0n) is 10.3. The van der Waals surface area contributed by atoms with Crippen LogP contribution in [0.15, 0.2) is 11.6 Å².